The lowest BCUT2D eigenvalue weighted by molar-refractivity contribution is -0.116. The van der Waals surface area contributed by atoms with Gasteiger partial charge in [0.05, 0.1) is 5.56 Å². The molecule has 1 amide bonds. The van der Waals surface area contributed by atoms with Crippen molar-refractivity contribution < 1.29 is 9.18 Å². The summed E-state index contributed by atoms with van der Waals surface area (Å²) in [6, 6.07) is 8.44. The molecule has 1 N–H and O–H groups in total. The van der Waals surface area contributed by atoms with Gasteiger partial charge in [0.1, 0.15) is 17.7 Å². The molecule has 1 atom stereocenters. The molecule has 0 saturated heterocycles. The third-order valence-corrected chi connectivity index (χ3v) is 4.13. The molecule has 1 aliphatic heterocycles. The van der Waals surface area contributed by atoms with Gasteiger partial charge in [-0.1, -0.05) is 12.1 Å². The van der Waals surface area contributed by atoms with Crippen LogP contribution in [0.3, 0.4) is 0 Å². The van der Waals surface area contributed by atoms with Crippen LogP contribution in [0.25, 0.3) is 0 Å². The van der Waals surface area contributed by atoms with Gasteiger partial charge in [0.15, 0.2) is 0 Å². The second-order valence-corrected chi connectivity index (χ2v) is 6.82. The highest BCUT2D eigenvalue weighted by molar-refractivity contribution is 5.95. The van der Waals surface area contributed by atoms with Crippen LogP contribution in [0.4, 0.5) is 10.2 Å². The molecule has 2 heterocycles. The summed E-state index contributed by atoms with van der Waals surface area (Å²) in [6.45, 7) is 6.02. The average molecular weight is 311 g/mol. The molecule has 1 aromatic carbocycles. The Hall–Kier alpha value is -2.61. The quantitative estimate of drug-likeness (QED) is 0.872. The van der Waals surface area contributed by atoms with E-state index >= 15 is 0 Å². The number of carbonyl (C=O) groups excluding carboxylic acids is 1. The van der Waals surface area contributed by atoms with Crippen LogP contribution in [0.1, 0.15) is 49.8 Å². The number of fused-ring (bicyclic) bond motifs is 1. The first-order chi connectivity index (χ1) is 10.8. The lowest BCUT2D eigenvalue weighted by atomic mass is 9.85. The first kappa shape index (κ1) is 15.3. The van der Waals surface area contributed by atoms with Crippen molar-refractivity contribution in [1.29, 1.82) is 5.26 Å². The molecule has 118 valence electrons. The summed E-state index contributed by atoms with van der Waals surface area (Å²) in [4.78, 5) is 12.2. The van der Waals surface area contributed by atoms with Crippen molar-refractivity contribution in [2.24, 2.45) is 0 Å². The first-order valence-corrected chi connectivity index (χ1v) is 7.52. The Labute approximate surface area is 134 Å². The molecular weight excluding hydrogens is 293 g/mol. The van der Waals surface area contributed by atoms with E-state index in [9.17, 15) is 14.4 Å². The second kappa shape index (κ2) is 5.24. The molecule has 0 saturated carbocycles. The van der Waals surface area contributed by atoms with Crippen molar-refractivity contribution in [3.05, 3.63) is 53.0 Å². The van der Waals surface area contributed by atoms with E-state index in [1.807, 2.05) is 25.3 Å². The summed E-state index contributed by atoms with van der Waals surface area (Å²) in [5.74, 6) is -0.143. The van der Waals surface area contributed by atoms with E-state index < -0.39 is 0 Å². The molecule has 0 unspecified atom stereocenters. The number of carbonyl (C=O) groups is 1. The monoisotopic (exact) mass is 311 g/mol. The standard InChI is InChI=1S/C18H18FN3O/c1-18(2,3)22-10-12(9-20)16-14(8-15(23)21-17(16)22)11-5-4-6-13(19)7-11/h4-7,10,14H,8H2,1-3H3,(H,21,23)/t14-/m0/s1. The lowest BCUT2D eigenvalue weighted by Gasteiger charge is -2.29. The van der Waals surface area contributed by atoms with Crippen LogP contribution in [0.2, 0.25) is 0 Å². The van der Waals surface area contributed by atoms with Crippen molar-refractivity contribution in [1.82, 2.24) is 4.57 Å². The van der Waals surface area contributed by atoms with Gasteiger partial charge in [0, 0.05) is 29.6 Å². The van der Waals surface area contributed by atoms with Crippen molar-refractivity contribution in [3.63, 3.8) is 0 Å². The average Bonchev–Trinajstić information content (AvgIpc) is 2.85. The van der Waals surface area contributed by atoms with Crippen LogP contribution in [0, 0.1) is 17.1 Å². The van der Waals surface area contributed by atoms with E-state index in [1.54, 1.807) is 18.3 Å². The zero-order chi connectivity index (χ0) is 16.8. The van der Waals surface area contributed by atoms with Gasteiger partial charge in [-0.25, -0.2) is 4.39 Å². The van der Waals surface area contributed by atoms with Crippen LogP contribution in [-0.4, -0.2) is 10.5 Å². The molecule has 1 aliphatic rings. The Kier molecular flexibility index (Phi) is 3.48. The number of hydrogen-bond donors (Lipinski definition) is 1. The van der Waals surface area contributed by atoms with Gasteiger partial charge in [-0.3, -0.25) is 4.79 Å². The maximum atomic E-state index is 13.6. The number of amides is 1. The lowest BCUT2D eigenvalue weighted by Crippen LogP contribution is -2.29. The normalized spacial score (nSPS) is 17.3. The topological polar surface area (TPSA) is 57.8 Å². The van der Waals surface area contributed by atoms with Gasteiger partial charge in [-0.15, -0.1) is 0 Å². The van der Waals surface area contributed by atoms with Crippen LogP contribution >= 0.6 is 0 Å². The van der Waals surface area contributed by atoms with Crippen molar-refractivity contribution >= 4 is 11.7 Å². The maximum Gasteiger partial charge on any atom is 0.226 e. The highest BCUT2D eigenvalue weighted by Gasteiger charge is 2.34. The fourth-order valence-electron chi connectivity index (χ4n) is 3.10. The van der Waals surface area contributed by atoms with E-state index in [-0.39, 0.29) is 29.6 Å². The largest absolute Gasteiger partial charge is 0.328 e. The minimum absolute atomic E-state index is 0.125. The first-order valence-electron chi connectivity index (χ1n) is 7.52. The van der Waals surface area contributed by atoms with E-state index in [4.69, 9.17) is 0 Å². The molecule has 0 aliphatic carbocycles. The predicted molar refractivity (Wildman–Crippen MR) is 85.6 cm³/mol. The van der Waals surface area contributed by atoms with E-state index in [2.05, 4.69) is 11.4 Å². The Balaban J connectivity index is 2.24. The number of nitrogens with one attached hydrogen (secondary N) is 1. The molecule has 0 spiro atoms. The van der Waals surface area contributed by atoms with Gasteiger partial charge >= 0.3 is 0 Å². The van der Waals surface area contributed by atoms with Crippen molar-refractivity contribution in [2.75, 3.05) is 5.32 Å². The molecule has 1 aromatic heterocycles. The van der Waals surface area contributed by atoms with Gasteiger partial charge < -0.3 is 9.88 Å². The number of aromatic nitrogens is 1. The Morgan fingerprint density at radius 1 is 1.39 bits per heavy atom. The van der Waals surface area contributed by atoms with E-state index in [0.29, 0.717) is 16.9 Å². The van der Waals surface area contributed by atoms with Crippen LogP contribution in [0.5, 0.6) is 0 Å². The molecule has 0 fully saturated rings. The molecule has 3 rings (SSSR count). The minimum Gasteiger partial charge on any atom is -0.328 e. The third kappa shape index (κ3) is 2.61. The zero-order valence-corrected chi connectivity index (χ0v) is 13.4. The van der Waals surface area contributed by atoms with E-state index in [1.165, 1.54) is 12.1 Å². The highest BCUT2D eigenvalue weighted by atomic mass is 19.1. The molecule has 5 heteroatoms. The van der Waals surface area contributed by atoms with E-state index in [0.717, 1.165) is 5.56 Å². The molecule has 4 nitrogen and oxygen atoms in total. The number of benzene rings is 1. The molecule has 0 radical (unpaired) electrons. The highest BCUT2D eigenvalue weighted by Crippen LogP contribution is 2.42. The Bertz CT molecular complexity index is 824. The number of nitriles is 1. The fourth-order valence-corrected chi connectivity index (χ4v) is 3.10. The number of hydrogen-bond acceptors (Lipinski definition) is 2. The SMILES string of the molecule is CC(C)(C)n1cc(C#N)c2c1NC(=O)C[C@H]2c1cccc(F)c1. The molecular formula is C18H18FN3O. The summed E-state index contributed by atoms with van der Waals surface area (Å²) in [7, 11) is 0. The Morgan fingerprint density at radius 2 is 2.13 bits per heavy atom. The van der Waals surface area contributed by atoms with Gasteiger partial charge in [0.2, 0.25) is 5.91 Å². The number of anilines is 1. The van der Waals surface area contributed by atoms with Crippen LogP contribution in [0.15, 0.2) is 30.5 Å². The van der Waals surface area contributed by atoms with Crippen LogP contribution in [-0.2, 0) is 10.3 Å². The maximum absolute atomic E-state index is 13.6. The van der Waals surface area contributed by atoms with Crippen LogP contribution < -0.4 is 5.32 Å². The third-order valence-electron chi connectivity index (χ3n) is 4.13. The zero-order valence-electron chi connectivity index (χ0n) is 13.4. The molecule has 0 bridgehead atoms. The second-order valence-electron chi connectivity index (χ2n) is 6.82. The number of rotatable bonds is 1. The molecule has 23 heavy (non-hydrogen) atoms. The van der Waals surface area contributed by atoms with Gasteiger partial charge in [-0.05, 0) is 38.5 Å². The summed E-state index contributed by atoms with van der Waals surface area (Å²) in [5.41, 5.74) is 1.72. The summed E-state index contributed by atoms with van der Waals surface area (Å²) >= 11 is 0. The predicted octanol–water partition coefficient (Wildman–Crippen LogP) is 3.73. The summed E-state index contributed by atoms with van der Waals surface area (Å²) in [6.07, 6.45) is 1.97. The minimum atomic E-state index is -0.344. The smallest absolute Gasteiger partial charge is 0.226 e. The summed E-state index contributed by atoms with van der Waals surface area (Å²) < 4.78 is 15.5. The number of nitrogens with zero attached hydrogens (tertiary/aromatic N) is 2. The van der Waals surface area contributed by atoms with Gasteiger partial charge in [-0.2, -0.15) is 5.26 Å². The summed E-state index contributed by atoms with van der Waals surface area (Å²) in [5, 5.41) is 12.4. The Morgan fingerprint density at radius 3 is 2.74 bits per heavy atom. The molecule has 2 aromatic rings. The van der Waals surface area contributed by atoms with Gasteiger partial charge in [0.25, 0.3) is 0 Å². The number of halogens is 1. The fraction of sp³-hybridized carbons (Fsp3) is 0.333. The van der Waals surface area contributed by atoms with Crippen molar-refractivity contribution in [2.45, 2.75) is 38.6 Å². The van der Waals surface area contributed by atoms with Crippen molar-refractivity contribution in [3.8, 4) is 6.07 Å².